The van der Waals surface area contributed by atoms with E-state index < -0.39 is 11.8 Å². The maximum atomic E-state index is 13.7. The molecule has 0 radical (unpaired) electrons. The number of benzene rings is 1. The Morgan fingerprint density at radius 3 is 2.61 bits per heavy atom. The van der Waals surface area contributed by atoms with Crippen molar-refractivity contribution in [3.05, 3.63) is 59.7 Å². The molecule has 28 heavy (non-hydrogen) atoms. The first kappa shape index (κ1) is 21.1. The fourth-order valence-corrected chi connectivity index (χ4v) is 2.53. The maximum Gasteiger partial charge on any atom is 0.317 e. The zero-order valence-electron chi connectivity index (χ0n) is 16.3. The van der Waals surface area contributed by atoms with Crippen LogP contribution in [0.4, 0.5) is 9.18 Å². The van der Waals surface area contributed by atoms with Crippen LogP contribution >= 0.6 is 0 Å². The molecule has 7 nitrogen and oxygen atoms in total. The van der Waals surface area contributed by atoms with Crippen LogP contribution in [0.1, 0.15) is 11.3 Å². The Labute approximate surface area is 164 Å². The topological polar surface area (TPSA) is 74.8 Å². The van der Waals surface area contributed by atoms with Gasteiger partial charge >= 0.3 is 6.03 Å². The quantitative estimate of drug-likeness (QED) is 0.751. The van der Waals surface area contributed by atoms with E-state index in [1.54, 1.807) is 31.3 Å². The standard InChI is InChI=1S/C20H25FN4O3/c1-24(11-9-16-6-4-5-10-22-16)19(26)13-23-20(27)25(2)14-15-7-8-18(28-3)17(21)12-15/h4-8,10,12H,9,11,13-14H2,1-3H3,(H,23,27). The zero-order chi connectivity index (χ0) is 20.5. The van der Waals surface area contributed by atoms with Crippen molar-refractivity contribution in [1.82, 2.24) is 20.1 Å². The van der Waals surface area contributed by atoms with Crippen LogP contribution in [-0.4, -0.2) is 61.0 Å². The first-order valence-electron chi connectivity index (χ1n) is 8.86. The molecule has 0 atom stereocenters. The number of aromatic nitrogens is 1. The molecule has 0 spiro atoms. The molecule has 0 aliphatic carbocycles. The van der Waals surface area contributed by atoms with Gasteiger partial charge in [-0.2, -0.15) is 0 Å². The normalized spacial score (nSPS) is 10.3. The van der Waals surface area contributed by atoms with Crippen LogP contribution in [0, 0.1) is 5.82 Å². The van der Waals surface area contributed by atoms with Gasteiger partial charge in [0.1, 0.15) is 0 Å². The lowest BCUT2D eigenvalue weighted by Gasteiger charge is -2.20. The SMILES string of the molecule is COc1ccc(CN(C)C(=O)NCC(=O)N(C)CCc2ccccn2)cc1F. The second-order valence-electron chi connectivity index (χ2n) is 6.37. The fraction of sp³-hybridized carbons (Fsp3) is 0.350. The van der Waals surface area contributed by atoms with Crippen molar-refractivity contribution in [2.24, 2.45) is 0 Å². The number of carbonyl (C=O) groups is 2. The summed E-state index contributed by atoms with van der Waals surface area (Å²) in [5, 5.41) is 2.58. The number of urea groups is 1. The lowest BCUT2D eigenvalue weighted by atomic mass is 10.2. The predicted octanol–water partition coefficient (Wildman–Crippen LogP) is 2.07. The Bertz CT molecular complexity index is 801. The first-order chi connectivity index (χ1) is 13.4. The largest absolute Gasteiger partial charge is 0.494 e. The van der Waals surface area contributed by atoms with Crippen LogP contribution in [0.3, 0.4) is 0 Å². The Morgan fingerprint density at radius 1 is 1.18 bits per heavy atom. The van der Waals surface area contributed by atoms with Gasteiger partial charge in [-0.25, -0.2) is 9.18 Å². The zero-order valence-corrected chi connectivity index (χ0v) is 16.3. The van der Waals surface area contributed by atoms with E-state index in [0.29, 0.717) is 18.5 Å². The van der Waals surface area contributed by atoms with Gasteiger partial charge in [0, 0.05) is 45.5 Å². The minimum Gasteiger partial charge on any atom is -0.494 e. The van der Waals surface area contributed by atoms with Crippen molar-refractivity contribution in [1.29, 1.82) is 0 Å². The Balaban J connectivity index is 1.76. The van der Waals surface area contributed by atoms with Crippen molar-refractivity contribution in [2.45, 2.75) is 13.0 Å². The van der Waals surface area contributed by atoms with E-state index in [-0.39, 0.29) is 24.7 Å². The summed E-state index contributed by atoms with van der Waals surface area (Å²) >= 11 is 0. The highest BCUT2D eigenvalue weighted by Crippen LogP contribution is 2.18. The van der Waals surface area contributed by atoms with Gasteiger partial charge in [-0.3, -0.25) is 9.78 Å². The van der Waals surface area contributed by atoms with Gasteiger partial charge in [-0.15, -0.1) is 0 Å². The van der Waals surface area contributed by atoms with Gasteiger partial charge in [-0.05, 0) is 29.8 Å². The van der Waals surface area contributed by atoms with Gasteiger partial charge in [0.15, 0.2) is 11.6 Å². The van der Waals surface area contributed by atoms with Gasteiger partial charge in [-0.1, -0.05) is 12.1 Å². The number of hydrogen-bond acceptors (Lipinski definition) is 4. The van der Waals surface area contributed by atoms with Crippen LogP contribution in [0.5, 0.6) is 5.75 Å². The number of carbonyl (C=O) groups excluding carboxylic acids is 2. The van der Waals surface area contributed by atoms with E-state index in [1.807, 2.05) is 18.2 Å². The van der Waals surface area contributed by atoms with Crippen LogP contribution in [0.15, 0.2) is 42.6 Å². The fourth-order valence-electron chi connectivity index (χ4n) is 2.53. The highest BCUT2D eigenvalue weighted by molar-refractivity contribution is 5.83. The van der Waals surface area contributed by atoms with E-state index >= 15 is 0 Å². The lowest BCUT2D eigenvalue weighted by Crippen LogP contribution is -2.43. The summed E-state index contributed by atoms with van der Waals surface area (Å²) in [6.07, 6.45) is 2.35. The monoisotopic (exact) mass is 388 g/mol. The van der Waals surface area contributed by atoms with Crippen molar-refractivity contribution >= 4 is 11.9 Å². The number of ether oxygens (including phenoxy) is 1. The molecule has 0 unspecified atom stereocenters. The minimum atomic E-state index is -0.487. The molecule has 0 fully saturated rings. The van der Waals surface area contributed by atoms with Crippen molar-refractivity contribution < 1.29 is 18.7 Å². The molecule has 2 aromatic rings. The highest BCUT2D eigenvalue weighted by atomic mass is 19.1. The number of methoxy groups -OCH3 is 1. The van der Waals surface area contributed by atoms with Gasteiger partial charge in [0.25, 0.3) is 0 Å². The third-order valence-corrected chi connectivity index (χ3v) is 4.23. The number of likely N-dealkylation sites (N-methyl/N-ethyl adjacent to an activating group) is 1. The molecule has 0 aliphatic heterocycles. The van der Waals surface area contributed by atoms with Gasteiger partial charge in [0.2, 0.25) is 5.91 Å². The smallest absolute Gasteiger partial charge is 0.317 e. The first-order valence-corrected chi connectivity index (χ1v) is 8.86. The second-order valence-corrected chi connectivity index (χ2v) is 6.37. The molecular formula is C20H25FN4O3. The van der Waals surface area contributed by atoms with Crippen molar-refractivity contribution in [2.75, 3.05) is 34.3 Å². The van der Waals surface area contributed by atoms with Crippen LogP contribution in [0.2, 0.25) is 0 Å². The lowest BCUT2D eigenvalue weighted by molar-refractivity contribution is -0.128. The number of halogens is 1. The van der Waals surface area contributed by atoms with Crippen LogP contribution in [-0.2, 0) is 17.8 Å². The minimum absolute atomic E-state index is 0.112. The molecule has 150 valence electrons. The molecule has 8 heteroatoms. The summed E-state index contributed by atoms with van der Waals surface area (Å²) in [4.78, 5) is 31.5. The van der Waals surface area contributed by atoms with E-state index in [9.17, 15) is 14.0 Å². The van der Waals surface area contributed by atoms with Crippen LogP contribution in [0.25, 0.3) is 0 Å². The molecule has 0 aliphatic rings. The summed E-state index contributed by atoms with van der Waals surface area (Å²) in [6.45, 7) is 0.599. The molecule has 3 amide bonds. The van der Waals surface area contributed by atoms with E-state index in [0.717, 1.165) is 5.69 Å². The number of hydrogen-bond donors (Lipinski definition) is 1. The molecule has 0 saturated heterocycles. The molecule has 1 aromatic heterocycles. The summed E-state index contributed by atoms with van der Waals surface area (Å²) in [5.74, 6) is -0.540. The number of nitrogens with one attached hydrogen (secondary N) is 1. The third kappa shape index (κ3) is 6.22. The predicted molar refractivity (Wildman–Crippen MR) is 103 cm³/mol. The molecule has 2 rings (SSSR count). The van der Waals surface area contributed by atoms with E-state index in [1.165, 1.54) is 24.1 Å². The van der Waals surface area contributed by atoms with Gasteiger partial charge in [0.05, 0.1) is 13.7 Å². The number of amides is 3. The average molecular weight is 388 g/mol. The molecule has 1 aromatic carbocycles. The van der Waals surface area contributed by atoms with E-state index in [2.05, 4.69) is 10.3 Å². The third-order valence-electron chi connectivity index (χ3n) is 4.23. The number of pyridine rings is 1. The molecule has 1 N–H and O–H groups in total. The van der Waals surface area contributed by atoms with Crippen molar-refractivity contribution in [3.8, 4) is 5.75 Å². The molecule has 0 bridgehead atoms. The summed E-state index contributed by atoms with van der Waals surface area (Å²) in [5.41, 5.74) is 1.52. The number of rotatable bonds is 8. The van der Waals surface area contributed by atoms with Gasteiger partial charge < -0.3 is 19.9 Å². The Hall–Kier alpha value is -3.16. The molecule has 1 heterocycles. The number of nitrogens with zero attached hydrogens (tertiary/aromatic N) is 3. The van der Waals surface area contributed by atoms with Crippen molar-refractivity contribution in [3.63, 3.8) is 0 Å². The molecule has 0 saturated carbocycles. The van der Waals surface area contributed by atoms with E-state index in [4.69, 9.17) is 4.74 Å². The maximum absolute atomic E-state index is 13.7. The summed E-state index contributed by atoms with van der Waals surface area (Å²) < 4.78 is 18.6. The summed E-state index contributed by atoms with van der Waals surface area (Å²) in [7, 11) is 4.65. The van der Waals surface area contributed by atoms with Crippen LogP contribution < -0.4 is 10.1 Å². The highest BCUT2D eigenvalue weighted by Gasteiger charge is 2.14. The summed E-state index contributed by atoms with van der Waals surface area (Å²) in [6, 6.07) is 9.73. The molecular weight excluding hydrogens is 363 g/mol. The Kier molecular flexibility index (Phi) is 7.74. The average Bonchev–Trinajstić information content (AvgIpc) is 2.70. The second kappa shape index (κ2) is 10.2. The Morgan fingerprint density at radius 2 is 1.96 bits per heavy atom.